The molecule has 0 spiro atoms. The largest absolute Gasteiger partial charge is 0.459 e. The number of carbonyl (C=O) groups is 3. The number of aromatic nitrogens is 1. The van der Waals surface area contributed by atoms with Crippen molar-refractivity contribution in [2.24, 2.45) is 0 Å². The number of carbonyl (C=O) groups excluding carboxylic acids is 3. The van der Waals surface area contributed by atoms with Gasteiger partial charge in [-0.15, -0.1) is 0 Å². The minimum Gasteiger partial charge on any atom is -0.459 e. The number of ether oxygens (including phenoxy) is 1. The molecule has 3 rings (SSSR count). The highest BCUT2D eigenvalue weighted by Gasteiger charge is 2.26. The fourth-order valence-corrected chi connectivity index (χ4v) is 2.89. The third-order valence-electron chi connectivity index (χ3n) is 4.22. The van der Waals surface area contributed by atoms with Crippen LogP contribution in [-0.4, -0.2) is 35.4 Å². The van der Waals surface area contributed by atoms with E-state index in [4.69, 9.17) is 4.74 Å². The maximum atomic E-state index is 12.8. The number of para-hydroxylation sites is 2. The van der Waals surface area contributed by atoms with Gasteiger partial charge in [0.1, 0.15) is 6.04 Å². The zero-order chi connectivity index (χ0) is 19.9. The molecule has 0 aliphatic rings. The first-order chi connectivity index (χ1) is 13.6. The van der Waals surface area contributed by atoms with Crippen molar-refractivity contribution in [2.45, 2.75) is 19.4 Å². The van der Waals surface area contributed by atoms with Crippen LogP contribution in [0.3, 0.4) is 0 Å². The fourth-order valence-electron chi connectivity index (χ4n) is 2.89. The molecule has 0 saturated heterocycles. The number of H-pyrrole nitrogens is 1. The SMILES string of the molecule is CCOC(=O)C(=O)N[C@@H](Cc1c[nH]c2ccccc12)C(=O)Nc1ccccc1. The van der Waals surface area contributed by atoms with Crippen molar-refractivity contribution in [3.63, 3.8) is 0 Å². The lowest BCUT2D eigenvalue weighted by atomic mass is 10.0. The Labute approximate surface area is 162 Å². The molecule has 0 saturated carbocycles. The van der Waals surface area contributed by atoms with Crippen LogP contribution in [0.1, 0.15) is 12.5 Å². The first-order valence-electron chi connectivity index (χ1n) is 8.97. The lowest BCUT2D eigenvalue weighted by molar-refractivity contribution is -0.155. The number of fused-ring (bicyclic) bond motifs is 1. The molecule has 2 aromatic carbocycles. The Morgan fingerprint density at radius 3 is 2.50 bits per heavy atom. The van der Waals surface area contributed by atoms with Crippen LogP contribution in [0.25, 0.3) is 10.9 Å². The summed E-state index contributed by atoms with van der Waals surface area (Å²) in [5.41, 5.74) is 2.38. The number of nitrogens with one attached hydrogen (secondary N) is 3. The van der Waals surface area contributed by atoms with E-state index in [0.717, 1.165) is 16.5 Å². The van der Waals surface area contributed by atoms with E-state index in [2.05, 4.69) is 15.6 Å². The summed E-state index contributed by atoms with van der Waals surface area (Å²) in [6.07, 6.45) is 2.01. The average Bonchev–Trinajstić information content (AvgIpc) is 3.11. The molecule has 0 aliphatic carbocycles. The molecule has 0 aliphatic heterocycles. The monoisotopic (exact) mass is 379 g/mol. The van der Waals surface area contributed by atoms with Gasteiger partial charge < -0.3 is 20.4 Å². The first kappa shape index (κ1) is 19.2. The Kier molecular flexibility index (Phi) is 6.06. The van der Waals surface area contributed by atoms with E-state index in [1.54, 1.807) is 37.4 Å². The summed E-state index contributed by atoms with van der Waals surface area (Å²) in [4.78, 5) is 39.8. The number of amides is 2. The van der Waals surface area contributed by atoms with E-state index in [0.29, 0.717) is 5.69 Å². The topological polar surface area (TPSA) is 100 Å². The van der Waals surface area contributed by atoms with Gasteiger partial charge >= 0.3 is 11.9 Å². The highest BCUT2D eigenvalue weighted by atomic mass is 16.5. The minimum absolute atomic E-state index is 0.0789. The number of hydrogen-bond donors (Lipinski definition) is 3. The Morgan fingerprint density at radius 1 is 1.04 bits per heavy atom. The second-order valence-electron chi connectivity index (χ2n) is 6.17. The molecular formula is C21H21N3O4. The Hall–Kier alpha value is -3.61. The molecule has 2 amide bonds. The molecule has 28 heavy (non-hydrogen) atoms. The van der Waals surface area contributed by atoms with Gasteiger partial charge in [0.05, 0.1) is 6.61 Å². The van der Waals surface area contributed by atoms with Gasteiger partial charge in [-0.2, -0.15) is 0 Å². The molecule has 3 N–H and O–H groups in total. The zero-order valence-corrected chi connectivity index (χ0v) is 15.4. The van der Waals surface area contributed by atoms with Crippen LogP contribution in [0.2, 0.25) is 0 Å². The summed E-state index contributed by atoms with van der Waals surface area (Å²) in [5.74, 6) is -2.39. The standard InChI is InChI=1S/C21H21N3O4/c1-2-28-21(27)20(26)24-18(19(25)23-15-8-4-3-5-9-15)12-14-13-22-17-11-7-6-10-16(14)17/h3-11,13,18,22H,2,12H2,1H3,(H,23,25)(H,24,26)/t18-/m0/s1. The van der Waals surface area contributed by atoms with Gasteiger partial charge in [-0.25, -0.2) is 4.79 Å². The molecule has 3 aromatic rings. The summed E-state index contributed by atoms with van der Waals surface area (Å²) >= 11 is 0. The minimum atomic E-state index is -1.01. The summed E-state index contributed by atoms with van der Waals surface area (Å²) in [7, 11) is 0. The molecule has 144 valence electrons. The van der Waals surface area contributed by atoms with Crippen LogP contribution >= 0.6 is 0 Å². The van der Waals surface area contributed by atoms with Gasteiger partial charge in [-0.1, -0.05) is 36.4 Å². The Morgan fingerprint density at radius 2 is 1.75 bits per heavy atom. The van der Waals surface area contributed by atoms with E-state index >= 15 is 0 Å². The predicted molar refractivity (Wildman–Crippen MR) is 106 cm³/mol. The third-order valence-corrected chi connectivity index (χ3v) is 4.22. The second kappa shape index (κ2) is 8.85. The number of anilines is 1. The fraction of sp³-hybridized carbons (Fsp3) is 0.190. The number of esters is 1. The summed E-state index contributed by atoms with van der Waals surface area (Å²) in [5, 5.41) is 6.20. The molecule has 0 unspecified atom stereocenters. The number of rotatable bonds is 6. The maximum absolute atomic E-state index is 12.8. The molecule has 1 heterocycles. The van der Waals surface area contributed by atoms with Crippen LogP contribution < -0.4 is 10.6 Å². The van der Waals surface area contributed by atoms with E-state index in [-0.39, 0.29) is 13.0 Å². The molecule has 7 heteroatoms. The van der Waals surface area contributed by atoms with Gasteiger partial charge in [0.25, 0.3) is 0 Å². The molecule has 0 radical (unpaired) electrons. The van der Waals surface area contributed by atoms with Gasteiger partial charge in [-0.3, -0.25) is 9.59 Å². The van der Waals surface area contributed by atoms with E-state index < -0.39 is 23.8 Å². The third kappa shape index (κ3) is 4.56. The lowest BCUT2D eigenvalue weighted by Gasteiger charge is -2.18. The van der Waals surface area contributed by atoms with Crippen LogP contribution in [0.4, 0.5) is 5.69 Å². The smallest absolute Gasteiger partial charge is 0.396 e. The van der Waals surface area contributed by atoms with Crippen molar-refractivity contribution >= 4 is 34.4 Å². The Balaban J connectivity index is 1.82. The van der Waals surface area contributed by atoms with E-state index in [1.165, 1.54) is 0 Å². The number of aromatic amines is 1. The molecular weight excluding hydrogens is 358 g/mol. The second-order valence-corrected chi connectivity index (χ2v) is 6.17. The predicted octanol–water partition coefficient (Wildman–Crippen LogP) is 2.40. The lowest BCUT2D eigenvalue weighted by Crippen LogP contribution is -2.48. The van der Waals surface area contributed by atoms with Gasteiger partial charge in [0, 0.05) is 29.2 Å². The van der Waals surface area contributed by atoms with Crippen molar-refractivity contribution in [1.29, 1.82) is 0 Å². The van der Waals surface area contributed by atoms with E-state index in [9.17, 15) is 14.4 Å². The quantitative estimate of drug-likeness (QED) is 0.452. The van der Waals surface area contributed by atoms with Crippen LogP contribution in [0.5, 0.6) is 0 Å². The molecule has 0 bridgehead atoms. The average molecular weight is 379 g/mol. The summed E-state index contributed by atoms with van der Waals surface area (Å²) in [6.45, 7) is 1.69. The van der Waals surface area contributed by atoms with Gasteiger partial charge in [-0.05, 0) is 30.7 Å². The highest BCUT2D eigenvalue weighted by Crippen LogP contribution is 2.19. The van der Waals surface area contributed by atoms with Crippen LogP contribution in [0, 0.1) is 0 Å². The van der Waals surface area contributed by atoms with Crippen LogP contribution in [0.15, 0.2) is 60.8 Å². The molecule has 7 nitrogen and oxygen atoms in total. The maximum Gasteiger partial charge on any atom is 0.396 e. The first-order valence-corrected chi connectivity index (χ1v) is 8.97. The normalized spacial score (nSPS) is 11.6. The van der Waals surface area contributed by atoms with Crippen molar-refractivity contribution in [3.05, 3.63) is 66.4 Å². The van der Waals surface area contributed by atoms with Crippen molar-refractivity contribution in [2.75, 3.05) is 11.9 Å². The number of benzene rings is 2. The summed E-state index contributed by atoms with van der Waals surface area (Å²) in [6, 6.07) is 15.6. The molecule has 0 fully saturated rings. The molecule has 1 aromatic heterocycles. The van der Waals surface area contributed by atoms with Crippen molar-refractivity contribution in [1.82, 2.24) is 10.3 Å². The Bertz CT molecular complexity index is 981. The van der Waals surface area contributed by atoms with Crippen molar-refractivity contribution < 1.29 is 19.1 Å². The zero-order valence-electron chi connectivity index (χ0n) is 15.4. The number of hydrogen-bond acceptors (Lipinski definition) is 4. The highest BCUT2D eigenvalue weighted by molar-refractivity contribution is 6.33. The van der Waals surface area contributed by atoms with Crippen LogP contribution in [-0.2, 0) is 25.5 Å². The van der Waals surface area contributed by atoms with Crippen molar-refractivity contribution in [3.8, 4) is 0 Å². The van der Waals surface area contributed by atoms with E-state index in [1.807, 2.05) is 30.3 Å². The van der Waals surface area contributed by atoms with Gasteiger partial charge in [0.15, 0.2) is 0 Å². The van der Waals surface area contributed by atoms with Gasteiger partial charge in [0.2, 0.25) is 5.91 Å². The molecule has 1 atom stereocenters. The summed E-state index contributed by atoms with van der Waals surface area (Å²) < 4.78 is 4.72.